The van der Waals surface area contributed by atoms with Crippen LogP contribution in [-0.2, 0) is 0 Å². The van der Waals surface area contributed by atoms with Crippen molar-refractivity contribution < 1.29 is 0 Å². The quantitative estimate of drug-likeness (QED) is 0.402. The van der Waals surface area contributed by atoms with Gasteiger partial charge in [-0.15, -0.1) is 5.92 Å². The maximum atomic E-state index is 2.99. The standard InChI is InChI=1S/C10H14/c1-4-7-9-10(6-3)8-5-2/h6-7,9H,4H2,1-3H3. The van der Waals surface area contributed by atoms with Crippen LogP contribution in [0.1, 0.15) is 27.2 Å². The molecule has 0 heterocycles. The molecule has 0 aromatic heterocycles. The van der Waals surface area contributed by atoms with Gasteiger partial charge in [0.15, 0.2) is 0 Å². The molecule has 0 aromatic carbocycles. The van der Waals surface area contributed by atoms with Crippen LogP contribution in [-0.4, -0.2) is 0 Å². The van der Waals surface area contributed by atoms with Gasteiger partial charge in [-0.3, -0.25) is 0 Å². The first-order chi connectivity index (χ1) is 4.85. The summed E-state index contributed by atoms with van der Waals surface area (Å²) in [6.45, 7) is 5.96. The van der Waals surface area contributed by atoms with E-state index in [0.717, 1.165) is 12.0 Å². The first-order valence-corrected chi connectivity index (χ1v) is 3.60. The molecule has 0 saturated heterocycles. The third-order valence-electron chi connectivity index (χ3n) is 1.11. The highest BCUT2D eigenvalue weighted by Crippen LogP contribution is 1.94. The van der Waals surface area contributed by atoms with Crippen LogP contribution in [0.3, 0.4) is 0 Å². The third-order valence-corrected chi connectivity index (χ3v) is 1.11. The number of rotatable bonds is 2. The van der Waals surface area contributed by atoms with Gasteiger partial charge in [0.05, 0.1) is 0 Å². The minimum atomic E-state index is 1.07. The van der Waals surface area contributed by atoms with E-state index in [0.29, 0.717) is 0 Å². The molecule has 0 unspecified atom stereocenters. The summed E-state index contributed by atoms with van der Waals surface area (Å²) >= 11 is 0. The molecule has 0 amide bonds. The fourth-order valence-corrected chi connectivity index (χ4v) is 0.599. The van der Waals surface area contributed by atoms with E-state index in [9.17, 15) is 0 Å². The Balaban J connectivity index is 4.07. The minimum absolute atomic E-state index is 1.07. The zero-order valence-electron chi connectivity index (χ0n) is 6.94. The van der Waals surface area contributed by atoms with Crippen molar-refractivity contribution in [3.63, 3.8) is 0 Å². The molecule has 0 saturated carbocycles. The van der Waals surface area contributed by atoms with Crippen molar-refractivity contribution in [2.75, 3.05) is 0 Å². The second-order valence-corrected chi connectivity index (χ2v) is 1.93. The molecule has 10 heavy (non-hydrogen) atoms. The maximum Gasteiger partial charge on any atom is 0.0199 e. The first kappa shape index (κ1) is 9.04. The second kappa shape index (κ2) is 6.16. The Bertz CT molecular complexity index is 184. The van der Waals surface area contributed by atoms with Gasteiger partial charge in [0.25, 0.3) is 0 Å². The Kier molecular flexibility index (Phi) is 5.57. The molecule has 0 radical (unpaired) electrons. The van der Waals surface area contributed by atoms with Gasteiger partial charge in [-0.1, -0.05) is 31.1 Å². The SMILES string of the molecule is CC#CC(C=CCC)=CC. The zero-order valence-corrected chi connectivity index (χ0v) is 6.94. The fraction of sp³-hybridized carbons (Fsp3) is 0.400. The second-order valence-electron chi connectivity index (χ2n) is 1.93. The summed E-state index contributed by atoms with van der Waals surface area (Å²) in [4.78, 5) is 0. The van der Waals surface area contributed by atoms with E-state index in [2.05, 4.69) is 30.9 Å². The summed E-state index contributed by atoms with van der Waals surface area (Å²) in [6.07, 6.45) is 7.25. The van der Waals surface area contributed by atoms with E-state index in [1.165, 1.54) is 0 Å². The Hall–Kier alpha value is -0.960. The van der Waals surface area contributed by atoms with E-state index < -0.39 is 0 Å². The van der Waals surface area contributed by atoms with Crippen molar-refractivity contribution in [2.45, 2.75) is 27.2 Å². The van der Waals surface area contributed by atoms with Crippen molar-refractivity contribution in [1.29, 1.82) is 0 Å². The Morgan fingerprint density at radius 3 is 2.60 bits per heavy atom. The summed E-state index contributed by atoms with van der Waals surface area (Å²) in [7, 11) is 0. The summed E-state index contributed by atoms with van der Waals surface area (Å²) in [5.41, 5.74) is 1.10. The van der Waals surface area contributed by atoms with E-state index >= 15 is 0 Å². The van der Waals surface area contributed by atoms with E-state index in [1.54, 1.807) is 0 Å². The molecule has 0 aliphatic rings. The predicted molar refractivity (Wildman–Crippen MR) is 46.6 cm³/mol. The lowest BCUT2D eigenvalue weighted by atomic mass is 10.2. The Morgan fingerprint density at radius 1 is 1.50 bits per heavy atom. The van der Waals surface area contributed by atoms with Gasteiger partial charge < -0.3 is 0 Å². The van der Waals surface area contributed by atoms with Crippen LogP contribution in [0.2, 0.25) is 0 Å². The van der Waals surface area contributed by atoms with Gasteiger partial charge in [0, 0.05) is 5.57 Å². The predicted octanol–water partition coefficient (Wildman–Crippen LogP) is 2.92. The van der Waals surface area contributed by atoms with Crippen LogP contribution in [0.4, 0.5) is 0 Å². The lowest BCUT2D eigenvalue weighted by molar-refractivity contribution is 1.22. The van der Waals surface area contributed by atoms with Crippen molar-refractivity contribution >= 4 is 0 Å². The summed E-state index contributed by atoms with van der Waals surface area (Å²) < 4.78 is 0. The third kappa shape index (κ3) is 3.97. The average Bonchev–Trinajstić information content (AvgIpc) is 1.98. The van der Waals surface area contributed by atoms with E-state index in [1.807, 2.05) is 19.9 Å². The highest BCUT2D eigenvalue weighted by atomic mass is 13.8. The average molecular weight is 134 g/mol. The minimum Gasteiger partial charge on any atom is -0.101 e. The molecule has 0 nitrogen and oxygen atoms in total. The van der Waals surface area contributed by atoms with E-state index in [4.69, 9.17) is 0 Å². The summed E-state index contributed by atoms with van der Waals surface area (Å²) in [5, 5.41) is 0. The van der Waals surface area contributed by atoms with Crippen LogP contribution in [0.15, 0.2) is 23.8 Å². The van der Waals surface area contributed by atoms with Gasteiger partial charge in [-0.2, -0.15) is 0 Å². The summed E-state index contributed by atoms with van der Waals surface area (Å²) in [5.74, 6) is 5.85. The van der Waals surface area contributed by atoms with Crippen molar-refractivity contribution in [3.8, 4) is 11.8 Å². The van der Waals surface area contributed by atoms with Crippen LogP contribution >= 0.6 is 0 Å². The smallest absolute Gasteiger partial charge is 0.0199 e. The van der Waals surface area contributed by atoms with Gasteiger partial charge in [0.2, 0.25) is 0 Å². The molecule has 54 valence electrons. The van der Waals surface area contributed by atoms with Crippen molar-refractivity contribution in [1.82, 2.24) is 0 Å². The van der Waals surface area contributed by atoms with Gasteiger partial charge in [0.1, 0.15) is 0 Å². The number of hydrogen-bond acceptors (Lipinski definition) is 0. The Morgan fingerprint density at radius 2 is 2.20 bits per heavy atom. The maximum absolute atomic E-state index is 2.99. The highest BCUT2D eigenvalue weighted by Gasteiger charge is 1.78. The molecule has 0 heteroatoms. The van der Waals surface area contributed by atoms with Crippen LogP contribution in [0.25, 0.3) is 0 Å². The zero-order chi connectivity index (χ0) is 7.82. The van der Waals surface area contributed by atoms with Crippen molar-refractivity contribution in [2.24, 2.45) is 0 Å². The number of hydrogen-bond donors (Lipinski definition) is 0. The van der Waals surface area contributed by atoms with Gasteiger partial charge >= 0.3 is 0 Å². The molecule has 0 aliphatic heterocycles. The van der Waals surface area contributed by atoms with Crippen LogP contribution in [0, 0.1) is 11.8 Å². The molecule has 0 spiro atoms. The van der Waals surface area contributed by atoms with Gasteiger partial charge in [-0.05, 0) is 20.3 Å². The molecule has 0 N–H and O–H groups in total. The molecule has 0 aliphatic carbocycles. The molecule has 0 rings (SSSR count). The topological polar surface area (TPSA) is 0 Å². The first-order valence-electron chi connectivity index (χ1n) is 3.60. The van der Waals surface area contributed by atoms with Crippen LogP contribution < -0.4 is 0 Å². The Labute approximate surface area is 63.6 Å². The number of allylic oxidation sites excluding steroid dienone is 4. The largest absolute Gasteiger partial charge is 0.101 e. The molecule has 0 fully saturated rings. The lowest BCUT2D eigenvalue weighted by Crippen LogP contribution is -1.68. The monoisotopic (exact) mass is 134 g/mol. The molecular weight excluding hydrogens is 120 g/mol. The van der Waals surface area contributed by atoms with E-state index in [-0.39, 0.29) is 0 Å². The normalized spacial score (nSPS) is 11.3. The van der Waals surface area contributed by atoms with Crippen LogP contribution in [0.5, 0.6) is 0 Å². The summed E-state index contributed by atoms with van der Waals surface area (Å²) in [6, 6.07) is 0. The molecular formula is C10H14. The molecule has 0 aromatic rings. The lowest BCUT2D eigenvalue weighted by Gasteiger charge is -1.84. The van der Waals surface area contributed by atoms with Gasteiger partial charge in [-0.25, -0.2) is 0 Å². The van der Waals surface area contributed by atoms with Crippen molar-refractivity contribution in [3.05, 3.63) is 23.8 Å². The highest BCUT2D eigenvalue weighted by molar-refractivity contribution is 5.37. The fourth-order valence-electron chi connectivity index (χ4n) is 0.599. The molecule has 0 bridgehead atoms. The molecule has 0 atom stereocenters.